The van der Waals surface area contributed by atoms with Crippen molar-refractivity contribution in [2.45, 2.75) is 30.2 Å². The van der Waals surface area contributed by atoms with Crippen LogP contribution in [0.3, 0.4) is 0 Å². The van der Waals surface area contributed by atoms with E-state index < -0.39 is 7.60 Å². The highest BCUT2D eigenvalue weighted by atomic mass is 31.2. The molecule has 46 heavy (non-hydrogen) atoms. The van der Waals surface area contributed by atoms with Gasteiger partial charge in [0.1, 0.15) is 0 Å². The predicted octanol–water partition coefficient (Wildman–Crippen LogP) is 8.48. The first-order chi connectivity index (χ1) is 22.4. The van der Waals surface area contributed by atoms with Gasteiger partial charge in [0.2, 0.25) is 0 Å². The van der Waals surface area contributed by atoms with Crippen LogP contribution in [0, 0.1) is 0 Å². The fourth-order valence-corrected chi connectivity index (χ4v) is 13.1. The van der Waals surface area contributed by atoms with Crippen LogP contribution in [0.4, 0.5) is 0 Å². The van der Waals surface area contributed by atoms with Crippen LogP contribution < -0.4 is 5.30 Å². The maximum absolute atomic E-state index is 12.1. The summed E-state index contributed by atoms with van der Waals surface area (Å²) in [6, 6.07) is 20.0. The minimum atomic E-state index is -4.30. The summed E-state index contributed by atoms with van der Waals surface area (Å²) in [5.41, 5.74) is 11.9. The molecule has 4 aliphatic carbocycles. The highest BCUT2D eigenvalue weighted by molar-refractivity contribution is 7.60. The Morgan fingerprint density at radius 2 is 1.33 bits per heavy atom. The van der Waals surface area contributed by atoms with E-state index in [1.165, 1.54) is 65.5 Å². The zero-order valence-corrected chi connectivity index (χ0v) is 25.5. The van der Waals surface area contributed by atoms with Crippen LogP contribution in [0.5, 0.6) is 0 Å². The number of likely N-dealkylation sites (tertiary alicyclic amines) is 1. The average Bonchev–Trinajstić information content (AvgIpc) is 3.43. The predicted molar refractivity (Wildman–Crippen MR) is 185 cm³/mol. The number of likely N-dealkylation sites (N-methyl/N-ethyl adjacent to an activating group) is 1. The minimum absolute atomic E-state index is 0.0921. The van der Waals surface area contributed by atoms with Gasteiger partial charge in [0.15, 0.2) is 0 Å². The summed E-state index contributed by atoms with van der Waals surface area (Å²) >= 11 is 0. The van der Waals surface area contributed by atoms with Gasteiger partial charge in [-0.2, -0.15) is 0 Å². The Morgan fingerprint density at radius 1 is 0.652 bits per heavy atom. The largest absolute Gasteiger partial charge is 0.356 e. The summed E-state index contributed by atoms with van der Waals surface area (Å²) in [5.74, 6) is 1.06. The van der Waals surface area contributed by atoms with Crippen LogP contribution in [0.15, 0.2) is 54.6 Å². The normalized spacial score (nSPS) is 24.2. The Labute approximate surface area is 260 Å². The van der Waals surface area contributed by atoms with Crippen molar-refractivity contribution in [2.24, 2.45) is 0 Å². The van der Waals surface area contributed by atoms with E-state index in [0.717, 1.165) is 18.5 Å². The van der Waals surface area contributed by atoms with Crippen molar-refractivity contribution in [2.75, 3.05) is 13.6 Å². The van der Waals surface area contributed by atoms with Gasteiger partial charge >= 0.3 is 7.60 Å². The molecule has 10 aromatic carbocycles. The van der Waals surface area contributed by atoms with Crippen LogP contribution in [0.2, 0.25) is 0 Å². The quantitative estimate of drug-likeness (QED) is 0.153. The lowest BCUT2D eigenvalue weighted by atomic mass is 9.71. The third kappa shape index (κ3) is 1.86. The second-order valence-corrected chi connectivity index (χ2v) is 17.0. The Kier molecular flexibility index (Phi) is 2.94. The van der Waals surface area contributed by atoms with Crippen molar-refractivity contribution in [3.8, 4) is 0 Å². The van der Waals surface area contributed by atoms with Crippen LogP contribution >= 0.6 is 7.60 Å². The molecule has 214 valence electrons. The number of fused-ring (bicyclic) bond motifs is 6. The third-order valence-electron chi connectivity index (χ3n) is 13.8. The van der Waals surface area contributed by atoms with E-state index >= 15 is 0 Å². The lowest BCUT2D eigenvalue weighted by Crippen LogP contribution is -2.21. The molecule has 1 aliphatic heterocycles. The molecular formula is C41H22NO3P. The van der Waals surface area contributed by atoms with E-state index in [9.17, 15) is 14.4 Å². The van der Waals surface area contributed by atoms with Crippen molar-refractivity contribution in [3.05, 3.63) is 99.1 Å². The molecular weight excluding hydrogens is 585 g/mol. The van der Waals surface area contributed by atoms with Crippen molar-refractivity contribution in [1.82, 2.24) is 4.90 Å². The van der Waals surface area contributed by atoms with Crippen LogP contribution in [-0.2, 0) is 11.0 Å². The molecule has 0 radical (unpaired) electrons. The SMILES string of the molecule is CN1CC2c3cc4c5c6c(cc7ccc8c9c%10c%11c%12c(cc(c%13c3c5c(c%13%12)c3c6c7c8c%113)C2C1c1ccc(P(=O)(O)O)cc1)C9%10)C4. The molecule has 0 bridgehead atoms. The highest BCUT2D eigenvalue weighted by Crippen LogP contribution is 2.72. The number of benzene rings is 8. The molecule has 0 aromatic heterocycles. The molecule has 1 heterocycles. The molecule has 0 saturated carbocycles. The lowest BCUT2D eigenvalue weighted by molar-refractivity contribution is 0.304. The van der Waals surface area contributed by atoms with Gasteiger partial charge < -0.3 is 9.79 Å². The Hall–Kier alpha value is -4.31. The molecule has 2 N–H and O–H groups in total. The highest BCUT2D eigenvalue weighted by Gasteiger charge is 2.52. The standard InChI is InChI=1S/C41H22NO3P/c1-42-12-22-19-10-16-9-15-8-14-4-7-18-27-23(14)33-24(15)25(16)34-29(19)30-20(26(22)41(42)13-2-5-17(6-3-13)46(43,44)45)11-21-31-28(18)35(31)38-32(21)36(30)40(34)39(33)37(27)38/h2-8,10-11,22,26,31,41H,9,12H2,1H3,(H2,43,44,45). The summed E-state index contributed by atoms with van der Waals surface area (Å²) in [5, 5.41) is 24.6. The first-order valence-electron chi connectivity index (χ1n) is 16.6. The Morgan fingerprint density at radius 3 is 2.13 bits per heavy atom. The molecule has 10 aromatic rings. The number of nitrogens with zero attached hydrogens (tertiary/aromatic N) is 1. The topological polar surface area (TPSA) is 60.8 Å². The second-order valence-electron chi connectivity index (χ2n) is 15.4. The minimum Gasteiger partial charge on any atom is -0.321 e. The first kappa shape index (κ1) is 22.3. The monoisotopic (exact) mass is 607 g/mol. The third-order valence-corrected chi connectivity index (χ3v) is 14.8. The Balaban J connectivity index is 1.18. The number of hydrogen-bond donors (Lipinski definition) is 2. The molecule has 4 nitrogen and oxygen atoms in total. The molecule has 0 amide bonds. The van der Waals surface area contributed by atoms with Gasteiger partial charge in [0.25, 0.3) is 0 Å². The van der Waals surface area contributed by atoms with Crippen molar-refractivity contribution in [3.63, 3.8) is 0 Å². The van der Waals surface area contributed by atoms with E-state index in [1.54, 1.807) is 71.7 Å². The van der Waals surface area contributed by atoms with Crippen molar-refractivity contribution in [1.29, 1.82) is 0 Å². The van der Waals surface area contributed by atoms with Gasteiger partial charge in [-0.15, -0.1) is 0 Å². The van der Waals surface area contributed by atoms with E-state index in [-0.39, 0.29) is 17.3 Å². The first-order valence-corrected chi connectivity index (χ1v) is 18.2. The van der Waals surface area contributed by atoms with Crippen LogP contribution in [0.1, 0.15) is 68.3 Å². The summed E-state index contributed by atoms with van der Waals surface area (Å²) < 4.78 is 12.1. The number of hydrogen-bond acceptors (Lipinski definition) is 2. The fourth-order valence-electron chi connectivity index (χ4n) is 12.6. The van der Waals surface area contributed by atoms with Crippen molar-refractivity contribution >= 4 is 99.1 Å². The van der Waals surface area contributed by atoms with Gasteiger partial charge in [-0.3, -0.25) is 9.46 Å². The lowest BCUT2D eigenvalue weighted by Gasteiger charge is -2.32. The summed E-state index contributed by atoms with van der Waals surface area (Å²) in [6.45, 7) is 0.970. The van der Waals surface area contributed by atoms with E-state index in [1.807, 2.05) is 12.1 Å². The summed E-state index contributed by atoms with van der Waals surface area (Å²) in [7, 11) is -2.05. The Bertz CT molecular complexity index is 3220. The van der Waals surface area contributed by atoms with Crippen molar-refractivity contribution < 1.29 is 14.4 Å². The van der Waals surface area contributed by atoms with E-state index in [2.05, 4.69) is 42.3 Å². The molecule has 15 rings (SSSR count). The van der Waals surface area contributed by atoms with E-state index in [0.29, 0.717) is 11.8 Å². The van der Waals surface area contributed by atoms with Gasteiger partial charge in [-0.25, -0.2) is 0 Å². The molecule has 0 spiro atoms. The maximum atomic E-state index is 12.1. The van der Waals surface area contributed by atoms with Crippen LogP contribution in [-0.4, -0.2) is 28.3 Å². The second kappa shape index (κ2) is 6.08. The summed E-state index contributed by atoms with van der Waals surface area (Å²) in [4.78, 5) is 22.2. The summed E-state index contributed by atoms with van der Waals surface area (Å²) in [6.07, 6.45) is 1.01. The van der Waals surface area contributed by atoms with Gasteiger partial charge in [-0.1, -0.05) is 42.5 Å². The van der Waals surface area contributed by atoms with Gasteiger partial charge in [-0.05, 0) is 156 Å². The average molecular weight is 608 g/mol. The molecule has 1 fully saturated rings. The van der Waals surface area contributed by atoms with Gasteiger partial charge in [0, 0.05) is 30.3 Å². The smallest absolute Gasteiger partial charge is 0.321 e. The zero-order valence-electron chi connectivity index (χ0n) is 24.6. The van der Waals surface area contributed by atoms with E-state index in [4.69, 9.17) is 0 Å². The molecule has 5 heteroatoms. The molecule has 5 aliphatic rings. The maximum Gasteiger partial charge on any atom is 0.356 e. The van der Waals surface area contributed by atoms with Crippen LogP contribution in [0.25, 0.3) is 86.2 Å². The fraction of sp³-hybridized carbons (Fsp3) is 0.171. The molecule has 4 unspecified atom stereocenters. The van der Waals surface area contributed by atoms with Gasteiger partial charge in [0.05, 0.1) is 5.30 Å². The zero-order chi connectivity index (χ0) is 29.6. The molecule has 4 atom stereocenters. The molecule has 1 saturated heterocycles. The number of rotatable bonds is 2.